The second kappa shape index (κ2) is 10.2. The maximum Gasteiger partial charge on any atom is 0.252 e. The lowest BCUT2D eigenvalue weighted by Gasteiger charge is -2.31. The topological polar surface area (TPSA) is 27.7 Å². The molecule has 0 N–H and O–H groups in total. The Balaban J connectivity index is 1.76. The fourth-order valence-corrected chi connectivity index (χ4v) is 8.19. The summed E-state index contributed by atoms with van der Waals surface area (Å²) in [5.41, 5.74) is 0. The van der Waals surface area contributed by atoms with E-state index in [0.29, 0.717) is 19.6 Å². The molecular formula is C21H28ClO3PSi. The molecule has 4 atom stereocenters. The lowest BCUT2D eigenvalue weighted by atomic mass is 10.1. The van der Waals surface area contributed by atoms with Crippen LogP contribution in [0.5, 0.6) is 0 Å². The average Bonchev–Trinajstić information content (AvgIpc) is 3.06. The van der Waals surface area contributed by atoms with Gasteiger partial charge in [-0.25, -0.2) is 0 Å². The summed E-state index contributed by atoms with van der Waals surface area (Å²) in [6.45, 7) is 4.75. The lowest BCUT2D eigenvalue weighted by Crippen LogP contribution is -2.59. The summed E-state index contributed by atoms with van der Waals surface area (Å²) >= 11 is 6.35. The van der Waals surface area contributed by atoms with E-state index in [9.17, 15) is 0 Å². The van der Waals surface area contributed by atoms with Crippen molar-refractivity contribution >= 4 is 37.4 Å². The minimum Gasteiger partial charge on any atom is -0.406 e. The molecule has 3 nitrogen and oxygen atoms in total. The number of ether oxygens (including phenoxy) is 1. The van der Waals surface area contributed by atoms with Crippen LogP contribution in [0.3, 0.4) is 0 Å². The zero-order valence-electron chi connectivity index (χ0n) is 16.9. The van der Waals surface area contributed by atoms with Crippen molar-refractivity contribution in [2.45, 2.75) is 26.0 Å². The highest BCUT2D eigenvalue weighted by Crippen LogP contribution is 2.46. The first-order valence-electron chi connectivity index (χ1n) is 9.99. The minimum atomic E-state index is -2.38. The Morgan fingerprint density at radius 3 is 2.30 bits per heavy atom. The number of rotatable bonds is 9. The molecule has 1 fully saturated rings. The molecular weight excluding hydrogens is 395 g/mol. The van der Waals surface area contributed by atoms with Gasteiger partial charge in [-0.05, 0) is 36.2 Å². The van der Waals surface area contributed by atoms with E-state index < -0.39 is 22.4 Å². The van der Waals surface area contributed by atoms with Crippen molar-refractivity contribution in [2.75, 3.05) is 26.0 Å². The standard InChI is InChI=1S/C21H28ClO3PSi/c1-3-24-26(22)17-18-14-15-23-21(18)16-25-27(2,19-10-6-4-7-11-19)20-12-8-5-9-13-20/h4-13,18,21H,3,14-17H2,1-2H3/t18-,21-,26?/m1/s1/i15T/t15-,18+,21+,26?/m0. The smallest absolute Gasteiger partial charge is 0.252 e. The molecule has 1 aliphatic rings. The van der Waals surface area contributed by atoms with Gasteiger partial charge >= 0.3 is 0 Å². The Morgan fingerprint density at radius 2 is 1.74 bits per heavy atom. The van der Waals surface area contributed by atoms with Gasteiger partial charge in [0.25, 0.3) is 8.32 Å². The van der Waals surface area contributed by atoms with Crippen LogP contribution in [-0.4, -0.2) is 40.4 Å². The highest BCUT2D eigenvalue weighted by atomic mass is 35.7. The van der Waals surface area contributed by atoms with Crippen LogP contribution in [-0.2, 0) is 13.7 Å². The quantitative estimate of drug-likeness (QED) is 0.441. The van der Waals surface area contributed by atoms with Crippen LogP contribution < -0.4 is 10.4 Å². The predicted octanol–water partition coefficient (Wildman–Crippen LogP) is 4.39. The highest BCUT2D eigenvalue weighted by molar-refractivity contribution is 7.80. The molecule has 2 aromatic carbocycles. The summed E-state index contributed by atoms with van der Waals surface area (Å²) in [6.07, 6.45) is 1.30. The normalized spacial score (nSPS) is 24.6. The monoisotopic (exact) mass is 424 g/mol. The average molecular weight is 425 g/mol. The second-order valence-electron chi connectivity index (χ2n) is 6.83. The molecule has 0 bridgehead atoms. The van der Waals surface area contributed by atoms with Crippen LogP contribution in [0, 0.1) is 5.92 Å². The van der Waals surface area contributed by atoms with E-state index in [-0.39, 0.29) is 12.0 Å². The summed E-state index contributed by atoms with van der Waals surface area (Å²) in [7, 11) is -3.38. The van der Waals surface area contributed by atoms with Crippen molar-refractivity contribution < 1.29 is 15.1 Å². The van der Waals surface area contributed by atoms with E-state index in [1.807, 2.05) is 19.1 Å². The first kappa shape index (κ1) is 19.6. The summed E-state index contributed by atoms with van der Waals surface area (Å²) in [5, 5.41) is 2.46. The van der Waals surface area contributed by atoms with Crippen LogP contribution in [0.2, 0.25) is 6.55 Å². The predicted molar refractivity (Wildman–Crippen MR) is 117 cm³/mol. The molecule has 0 aliphatic carbocycles. The van der Waals surface area contributed by atoms with Crippen molar-refractivity contribution in [1.29, 1.82) is 0 Å². The van der Waals surface area contributed by atoms with Crippen LogP contribution in [0.15, 0.2) is 60.7 Å². The van der Waals surface area contributed by atoms with Gasteiger partial charge in [0.2, 0.25) is 0 Å². The largest absolute Gasteiger partial charge is 0.406 e. The molecule has 0 saturated carbocycles. The summed E-state index contributed by atoms with van der Waals surface area (Å²) in [6, 6.07) is 20.9. The van der Waals surface area contributed by atoms with Crippen molar-refractivity contribution in [2.24, 2.45) is 5.92 Å². The first-order valence-corrected chi connectivity index (χ1v) is 14.2. The lowest BCUT2D eigenvalue weighted by molar-refractivity contribution is 0.0508. The van der Waals surface area contributed by atoms with Gasteiger partial charge in [0.05, 0.1) is 14.1 Å². The van der Waals surface area contributed by atoms with Gasteiger partial charge in [0.1, 0.15) is 7.50 Å². The molecule has 0 spiro atoms. The molecule has 1 unspecified atom stereocenters. The number of hydrogen-bond acceptors (Lipinski definition) is 3. The van der Waals surface area contributed by atoms with Gasteiger partial charge in [-0.15, -0.1) is 0 Å². The Morgan fingerprint density at radius 1 is 1.15 bits per heavy atom. The van der Waals surface area contributed by atoms with Crippen LogP contribution in [0.25, 0.3) is 0 Å². The van der Waals surface area contributed by atoms with Gasteiger partial charge < -0.3 is 13.7 Å². The van der Waals surface area contributed by atoms with E-state index in [4.69, 9.17) is 26.3 Å². The Bertz CT molecular complexity index is 685. The molecule has 3 rings (SSSR count). The summed E-state index contributed by atoms with van der Waals surface area (Å²) < 4.78 is 26.2. The maximum atomic E-state index is 8.06. The molecule has 6 heteroatoms. The molecule has 1 heterocycles. The van der Waals surface area contributed by atoms with E-state index in [1.165, 1.54) is 10.4 Å². The Hall–Kier alpha value is -0.743. The van der Waals surface area contributed by atoms with Gasteiger partial charge in [0.15, 0.2) is 0 Å². The fourth-order valence-electron chi connectivity index (χ4n) is 3.40. The Labute approximate surface area is 171 Å². The third-order valence-corrected chi connectivity index (χ3v) is 10.6. The molecule has 27 heavy (non-hydrogen) atoms. The van der Waals surface area contributed by atoms with Crippen LogP contribution in [0.4, 0.5) is 0 Å². The van der Waals surface area contributed by atoms with Crippen LogP contribution >= 0.6 is 18.7 Å². The van der Waals surface area contributed by atoms with Crippen LogP contribution in [0.1, 0.15) is 14.7 Å². The summed E-state index contributed by atoms with van der Waals surface area (Å²) in [4.78, 5) is 0. The summed E-state index contributed by atoms with van der Waals surface area (Å²) in [5.74, 6) is 0.197. The molecule has 0 aromatic heterocycles. The fraction of sp³-hybridized carbons (Fsp3) is 0.429. The maximum absolute atomic E-state index is 8.06. The number of hydrogen-bond donors (Lipinski definition) is 0. The SMILES string of the molecule is [3H][C@H]1C[C@H](CP(Cl)OCC)[C@@H](CO[Si](C)(c2ccccc2)c2ccccc2)O1. The van der Waals surface area contributed by atoms with Gasteiger partial charge in [-0.2, -0.15) is 0 Å². The number of benzene rings is 2. The van der Waals surface area contributed by atoms with E-state index in [0.717, 1.165) is 6.16 Å². The van der Waals surface area contributed by atoms with Gasteiger partial charge in [0, 0.05) is 19.4 Å². The van der Waals surface area contributed by atoms with Crippen molar-refractivity contribution in [3.8, 4) is 0 Å². The van der Waals surface area contributed by atoms with E-state index in [2.05, 4.69) is 55.1 Å². The molecule has 1 aliphatic heterocycles. The second-order valence-corrected chi connectivity index (χ2v) is 12.7. The zero-order valence-corrected chi connectivity index (χ0v) is 18.5. The van der Waals surface area contributed by atoms with E-state index >= 15 is 0 Å². The van der Waals surface area contributed by atoms with E-state index in [1.54, 1.807) is 0 Å². The first-order chi connectivity index (χ1) is 13.5. The molecule has 0 radical (unpaired) electrons. The highest BCUT2D eigenvalue weighted by Gasteiger charge is 2.37. The molecule has 1 saturated heterocycles. The number of halogens is 1. The Kier molecular flexibility index (Phi) is 7.36. The van der Waals surface area contributed by atoms with Crippen molar-refractivity contribution in [1.82, 2.24) is 0 Å². The third-order valence-electron chi connectivity index (χ3n) is 5.03. The third kappa shape index (κ3) is 5.41. The molecule has 146 valence electrons. The van der Waals surface area contributed by atoms with Gasteiger partial charge in [-0.3, -0.25) is 0 Å². The molecule has 2 aromatic rings. The van der Waals surface area contributed by atoms with Gasteiger partial charge in [-0.1, -0.05) is 71.9 Å². The van der Waals surface area contributed by atoms with Crippen molar-refractivity contribution in [3.63, 3.8) is 0 Å². The molecule has 0 amide bonds. The minimum absolute atomic E-state index is 0.119. The zero-order chi connectivity index (χ0) is 20.0. The van der Waals surface area contributed by atoms with Crippen molar-refractivity contribution in [3.05, 3.63) is 60.7 Å².